The first-order chi connectivity index (χ1) is 17.6. The molecule has 37 heavy (non-hydrogen) atoms. The molecule has 1 amide bonds. The molecular weight excluding hydrogens is 511 g/mol. The lowest BCUT2D eigenvalue weighted by Crippen LogP contribution is -2.50. The van der Waals surface area contributed by atoms with Crippen LogP contribution in [0.5, 0.6) is 5.75 Å². The Hall–Kier alpha value is -4.08. The van der Waals surface area contributed by atoms with Crippen LogP contribution in [-0.4, -0.2) is 52.8 Å². The van der Waals surface area contributed by atoms with Gasteiger partial charge in [0.25, 0.3) is 15.9 Å². The summed E-state index contributed by atoms with van der Waals surface area (Å²) in [6.07, 6.45) is 0. The molecule has 3 aromatic carbocycles. The van der Waals surface area contributed by atoms with Crippen LogP contribution in [0.3, 0.4) is 0 Å². The zero-order valence-electron chi connectivity index (χ0n) is 19.4. The number of benzene rings is 3. The predicted molar refractivity (Wildman–Crippen MR) is 127 cm³/mol. The highest BCUT2D eigenvalue weighted by molar-refractivity contribution is 7.92. The van der Waals surface area contributed by atoms with Crippen molar-refractivity contribution in [1.82, 2.24) is 4.90 Å². The van der Waals surface area contributed by atoms with Gasteiger partial charge in [0.05, 0.1) is 34.4 Å². The van der Waals surface area contributed by atoms with Gasteiger partial charge < -0.3 is 14.4 Å². The van der Waals surface area contributed by atoms with Crippen molar-refractivity contribution in [3.05, 3.63) is 77.6 Å². The smallest absolute Gasteiger partial charge is 0.387 e. The summed E-state index contributed by atoms with van der Waals surface area (Å²) in [5.74, 6) is -1.70. The molecule has 0 unspecified atom stereocenters. The number of hydrogen-bond acceptors (Lipinski definition) is 6. The van der Waals surface area contributed by atoms with Crippen molar-refractivity contribution in [3.8, 4) is 22.9 Å². The van der Waals surface area contributed by atoms with Crippen LogP contribution in [0.15, 0.2) is 65.6 Å². The molecule has 8 nitrogen and oxygen atoms in total. The maximum Gasteiger partial charge on any atom is 0.387 e. The lowest BCUT2D eigenvalue weighted by Gasteiger charge is -2.37. The number of methoxy groups -OCH3 is 1. The molecule has 192 valence electrons. The topological polar surface area (TPSA) is 99.9 Å². The SMILES string of the molecule is COCCN1CN(S(=O)(=O)c2cccc(C#N)c2)c2cc(-c3cc(F)cc(OC(F)F)c3)ccc2C1=O. The standard InChI is InChI=1S/C25H20F3N3O5S/c1-35-8-7-30-15-31(37(33,34)21-4-2-3-16(9-21)14-29)23-12-17(5-6-22(23)24(30)32)18-10-19(26)13-20(11-18)36-25(27)28/h2-6,9-13,25H,7-8,15H2,1H3. The van der Waals surface area contributed by atoms with Crippen LogP contribution in [0, 0.1) is 17.1 Å². The predicted octanol–water partition coefficient (Wildman–Crippen LogP) is 4.22. The number of sulfonamides is 1. The second-order valence-electron chi connectivity index (χ2n) is 7.98. The molecule has 0 fully saturated rings. The number of halogens is 3. The number of amides is 1. The molecule has 4 rings (SSSR count). The maximum atomic E-state index is 14.2. The largest absolute Gasteiger partial charge is 0.435 e. The number of rotatable bonds is 8. The lowest BCUT2D eigenvalue weighted by atomic mass is 10.0. The van der Waals surface area contributed by atoms with Crippen LogP contribution < -0.4 is 9.04 Å². The van der Waals surface area contributed by atoms with Gasteiger partial charge in [-0.05, 0) is 53.6 Å². The zero-order valence-corrected chi connectivity index (χ0v) is 20.2. The van der Waals surface area contributed by atoms with Crippen molar-refractivity contribution in [2.75, 3.05) is 31.2 Å². The summed E-state index contributed by atoms with van der Waals surface area (Å²) in [6, 6.07) is 14.6. The first kappa shape index (κ1) is 26.0. The molecule has 0 radical (unpaired) electrons. The average Bonchev–Trinajstić information content (AvgIpc) is 2.87. The fourth-order valence-corrected chi connectivity index (χ4v) is 5.38. The van der Waals surface area contributed by atoms with E-state index < -0.39 is 34.1 Å². The molecule has 1 aliphatic rings. The van der Waals surface area contributed by atoms with Gasteiger partial charge in [-0.2, -0.15) is 14.0 Å². The van der Waals surface area contributed by atoms with Crippen molar-refractivity contribution in [3.63, 3.8) is 0 Å². The molecule has 0 saturated carbocycles. The molecule has 3 aromatic rings. The van der Waals surface area contributed by atoms with E-state index in [1.54, 1.807) is 0 Å². The first-order valence-corrected chi connectivity index (χ1v) is 12.3. The zero-order chi connectivity index (χ0) is 26.7. The van der Waals surface area contributed by atoms with Crippen molar-refractivity contribution in [2.24, 2.45) is 0 Å². The molecule has 0 aliphatic carbocycles. The number of ether oxygens (including phenoxy) is 2. The summed E-state index contributed by atoms with van der Waals surface area (Å²) in [4.78, 5) is 14.3. The molecule has 12 heteroatoms. The molecular formula is C25H20F3N3O5S. The fraction of sp³-hybridized carbons (Fsp3) is 0.200. The van der Waals surface area contributed by atoms with Crippen molar-refractivity contribution >= 4 is 21.6 Å². The van der Waals surface area contributed by atoms with Gasteiger partial charge in [0.1, 0.15) is 18.2 Å². The number of alkyl halides is 2. The van der Waals surface area contributed by atoms with Gasteiger partial charge in [-0.1, -0.05) is 12.1 Å². The highest BCUT2D eigenvalue weighted by Crippen LogP contribution is 2.37. The van der Waals surface area contributed by atoms with E-state index in [-0.39, 0.29) is 52.7 Å². The van der Waals surface area contributed by atoms with Crippen molar-refractivity contribution < 1.29 is 35.9 Å². The fourth-order valence-electron chi connectivity index (χ4n) is 3.90. The van der Waals surface area contributed by atoms with E-state index >= 15 is 0 Å². The normalized spacial score (nSPS) is 13.5. The van der Waals surface area contributed by atoms with E-state index in [1.807, 2.05) is 6.07 Å². The minimum Gasteiger partial charge on any atom is -0.435 e. The van der Waals surface area contributed by atoms with Gasteiger partial charge in [-0.15, -0.1) is 0 Å². The number of nitriles is 1. The van der Waals surface area contributed by atoms with E-state index in [9.17, 15) is 31.6 Å². The van der Waals surface area contributed by atoms with Crippen LogP contribution in [-0.2, 0) is 14.8 Å². The molecule has 0 bridgehead atoms. The highest BCUT2D eigenvalue weighted by Gasteiger charge is 2.36. The molecule has 0 spiro atoms. The average molecular weight is 532 g/mol. The van der Waals surface area contributed by atoms with Crippen molar-refractivity contribution in [1.29, 1.82) is 5.26 Å². The van der Waals surface area contributed by atoms with E-state index in [4.69, 9.17) is 4.74 Å². The Morgan fingerprint density at radius 3 is 2.57 bits per heavy atom. The van der Waals surface area contributed by atoms with Crippen molar-refractivity contribution in [2.45, 2.75) is 11.5 Å². The minimum atomic E-state index is -4.27. The van der Waals surface area contributed by atoms with Gasteiger partial charge in [-0.25, -0.2) is 17.1 Å². The van der Waals surface area contributed by atoms with Crippen LogP contribution in [0.25, 0.3) is 11.1 Å². The summed E-state index contributed by atoms with van der Waals surface area (Å²) in [5, 5.41) is 9.22. The maximum absolute atomic E-state index is 14.2. The number of anilines is 1. The number of nitrogens with zero attached hydrogens (tertiary/aromatic N) is 3. The lowest BCUT2D eigenvalue weighted by molar-refractivity contribution is -0.0499. The van der Waals surface area contributed by atoms with Crippen LogP contribution in [0.4, 0.5) is 18.9 Å². The van der Waals surface area contributed by atoms with Gasteiger partial charge in [-0.3, -0.25) is 4.79 Å². The van der Waals surface area contributed by atoms with Gasteiger partial charge in [0.2, 0.25) is 0 Å². The quantitative estimate of drug-likeness (QED) is 0.432. The summed E-state index contributed by atoms with van der Waals surface area (Å²) in [6.45, 7) is -3.24. The second kappa shape index (κ2) is 10.5. The van der Waals surface area contributed by atoms with Crippen LogP contribution in [0.1, 0.15) is 15.9 Å². The Labute approximate surface area is 211 Å². The minimum absolute atomic E-state index is 0.0131. The second-order valence-corrected chi connectivity index (χ2v) is 9.84. The Morgan fingerprint density at radius 1 is 1.08 bits per heavy atom. The Kier molecular flexibility index (Phi) is 7.37. The Balaban J connectivity index is 1.85. The summed E-state index contributed by atoms with van der Waals surface area (Å²) >= 11 is 0. The third-order valence-corrected chi connectivity index (χ3v) is 7.37. The van der Waals surface area contributed by atoms with E-state index in [0.29, 0.717) is 0 Å². The molecule has 0 N–H and O–H groups in total. The molecule has 0 saturated heterocycles. The van der Waals surface area contributed by atoms with Gasteiger partial charge in [0, 0.05) is 19.7 Å². The third kappa shape index (κ3) is 5.37. The summed E-state index contributed by atoms with van der Waals surface area (Å²) in [5.41, 5.74) is 0.606. The van der Waals surface area contributed by atoms with E-state index in [0.717, 1.165) is 16.4 Å². The Bertz CT molecular complexity index is 1490. The molecule has 1 aliphatic heterocycles. The number of carbonyl (C=O) groups excluding carboxylic acids is 1. The number of fused-ring (bicyclic) bond motifs is 1. The van der Waals surface area contributed by atoms with Crippen LogP contribution in [0.2, 0.25) is 0 Å². The molecule has 0 atom stereocenters. The monoisotopic (exact) mass is 531 g/mol. The Morgan fingerprint density at radius 2 is 1.86 bits per heavy atom. The first-order valence-electron chi connectivity index (χ1n) is 10.8. The van der Waals surface area contributed by atoms with Crippen LogP contribution >= 0.6 is 0 Å². The van der Waals surface area contributed by atoms with E-state index in [1.165, 1.54) is 60.5 Å². The van der Waals surface area contributed by atoms with Gasteiger partial charge in [0.15, 0.2) is 0 Å². The third-order valence-electron chi connectivity index (χ3n) is 5.63. The van der Waals surface area contributed by atoms with Gasteiger partial charge >= 0.3 is 6.61 Å². The molecule has 0 aromatic heterocycles. The summed E-state index contributed by atoms with van der Waals surface area (Å²) < 4.78 is 77.3. The summed E-state index contributed by atoms with van der Waals surface area (Å²) in [7, 11) is -2.83. The highest BCUT2D eigenvalue weighted by atomic mass is 32.2. The molecule has 1 heterocycles. The number of carbonyl (C=O) groups is 1. The van der Waals surface area contributed by atoms with E-state index in [2.05, 4.69) is 4.74 Å². The number of hydrogen-bond donors (Lipinski definition) is 0.